The zero-order chi connectivity index (χ0) is 17.0. The molecule has 1 amide bonds. The average molecular weight is 316 g/mol. The predicted octanol–water partition coefficient (Wildman–Crippen LogP) is 3.17. The number of nitro groups is 1. The van der Waals surface area contributed by atoms with Crippen LogP contribution in [0, 0.1) is 17.0 Å². The highest BCUT2D eigenvalue weighted by atomic mass is 16.6. The molecule has 0 saturated heterocycles. The quantitative estimate of drug-likeness (QED) is 0.676. The van der Waals surface area contributed by atoms with Gasteiger partial charge in [-0.25, -0.2) is 0 Å². The molecule has 2 aromatic carbocycles. The molecule has 0 unspecified atom stereocenters. The van der Waals surface area contributed by atoms with Crippen LogP contribution in [0.25, 0.3) is 0 Å². The maximum absolute atomic E-state index is 12.4. The number of carbonyl (C=O) groups is 1. The fourth-order valence-corrected chi connectivity index (χ4v) is 2.07. The summed E-state index contributed by atoms with van der Waals surface area (Å²) in [5.74, 6) is 0.439. The van der Waals surface area contributed by atoms with Crippen molar-refractivity contribution >= 4 is 17.3 Å². The number of hydrogen-bond donors (Lipinski definition) is 1. The molecular weight excluding hydrogens is 300 g/mol. The molecule has 2 aromatic rings. The van der Waals surface area contributed by atoms with Crippen molar-refractivity contribution < 1.29 is 19.2 Å². The highest BCUT2D eigenvalue weighted by Crippen LogP contribution is 2.26. The summed E-state index contributed by atoms with van der Waals surface area (Å²) in [4.78, 5) is 22.9. The van der Waals surface area contributed by atoms with E-state index < -0.39 is 10.8 Å². The van der Waals surface area contributed by atoms with Crippen molar-refractivity contribution in [3.05, 3.63) is 57.6 Å². The lowest BCUT2D eigenvalue weighted by atomic mass is 10.1. The van der Waals surface area contributed by atoms with E-state index in [1.807, 2.05) is 0 Å². The van der Waals surface area contributed by atoms with E-state index in [9.17, 15) is 14.9 Å². The van der Waals surface area contributed by atoms with Crippen molar-refractivity contribution in [3.8, 4) is 11.5 Å². The molecule has 120 valence electrons. The van der Waals surface area contributed by atoms with Crippen molar-refractivity contribution in [1.82, 2.24) is 0 Å². The molecule has 0 atom stereocenters. The molecule has 0 heterocycles. The molecule has 0 fully saturated rings. The number of methoxy groups -OCH3 is 2. The minimum Gasteiger partial charge on any atom is -0.497 e. The van der Waals surface area contributed by atoms with Crippen LogP contribution in [0.4, 0.5) is 11.4 Å². The Morgan fingerprint density at radius 2 is 1.87 bits per heavy atom. The second kappa shape index (κ2) is 6.78. The maximum atomic E-state index is 12.4. The number of rotatable bonds is 5. The smallest absolute Gasteiger partial charge is 0.274 e. The summed E-state index contributed by atoms with van der Waals surface area (Å²) in [6, 6.07) is 9.33. The molecule has 0 aromatic heterocycles. The highest BCUT2D eigenvalue weighted by molar-refractivity contribution is 6.06. The summed E-state index contributed by atoms with van der Waals surface area (Å²) >= 11 is 0. The van der Waals surface area contributed by atoms with Gasteiger partial charge in [-0.1, -0.05) is 6.07 Å². The van der Waals surface area contributed by atoms with Gasteiger partial charge < -0.3 is 14.8 Å². The lowest BCUT2D eigenvalue weighted by molar-refractivity contribution is -0.385. The Hall–Kier alpha value is -3.09. The third-order valence-electron chi connectivity index (χ3n) is 3.31. The number of amides is 1. The fourth-order valence-electron chi connectivity index (χ4n) is 2.07. The van der Waals surface area contributed by atoms with Crippen LogP contribution >= 0.6 is 0 Å². The van der Waals surface area contributed by atoms with Crippen molar-refractivity contribution in [1.29, 1.82) is 0 Å². The van der Waals surface area contributed by atoms with Crippen LogP contribution in [0.3, 0.4) is 0 Å². The molecular formula is C16H16N2O5. The molecule has 0 aliphatic rings. The van der Waals surface area contributed by atoms with Gasteiger partial charge in [-0.05, 0) is 31.2 Å². The number of nitro benzene ring substituents is 1. The predicted molar refractivity (Wildman–Crippen MR) is 85.3 cm³/mol. The van der Waals surface area contributed by atoms with Gasteiger partial charge in [0.15, 0.2) is 0 Å². The van der Waals surface area contributed by atoms with Crippen LogP contribution < -0.4 is 14.8 Å². The number of carbonyl (C=O) groups excluding carboxylic acids is 1. The number of ether oxygens (including phenoxy) is 2. The Morgan fingerprint density at radius 1 is 1.13 bits per heavy atom. The van der Waals surface area contributed by atoms with Crippen molar-refractivity contribution in [2.75, 3.05) is 19.5 Å². The van der Waals surface area contributed by atoms with E-state index in [-0.39, 0.29) is 11.3 Å². The van der Waals surface area contributed by atoms with Crippen molar-refractivity contribution in [3.63, 3.8) is 0 Å². The highest BCUT2D eigenvalue weighted by Gasteiger charge is 2.16. The fraction of sp³-hybridized carbons (Fsp3) is 0.188. The van der Waals surface area contributed by atoms with Crippen LogP contribution in [0.2, 0.25) is 0 Å². The first kappa shape index (κ1) is 16.3. The third kappa shape index (κ3) is 3.57. The number of hydrogen-bond acceptors (Lipinski definition) is 5. The molecule has 0 aliphatic heterocycles. The topological polar surface area (TPSA) is 90.7 Å². The van der Waals surface area contributed by atoms with Gasteiger partial charge in [0.2, 0.25) is 0 Å². The van der Waals surface area contributed by atoms with Crippen molar-refractivity contribution in [2.24, 2.45) is 0 Å². The molecule has 0 spiro atoms. The lowest BCUT2D eigenvalue weighted by Crippen LogP contribution is -2.13. The Labute approximate surface area is 133 Å². The zero-order valence-corrected chi connectivity index (χ0v) is 13.0. The third-order valence-corrected chi connectivity index (χ3v) is 3.31. The van der Waals surface area contributed by atoms with Gasteiger partial charge in [-0.15, -0.1) is 0 Å². The first-order valence-corrected chi connectivity index (χ1v) is 6.74. The summed E-state index contributed by atoms with van der Waals surface area (Å²) in [6.07, 6.45) is 0. The molecule has 0 radical (unpaired) electrons. The molecule has 0 saturated carbocycles. The van der Waals surface area contributed by atoms with Gasteiger partial charge in [-0.3, -0.25) is 14.9 Å². The van der Waals surface area contributed by atoms with Crippen LogP contribution in [0.5, 0.6) is 11.5 Å². The Kier molecular flexibility index (Phi) is 4.80. The minimum absolute atomic E-state index is 0.0552. The Bertz CT molecular complexity index is 758. The van der Waals surface area contributed by atoms with Gasteiger partial charge in [0.25, 0.3) is 11.6 Å². The van der Waals surface area contributed by atoms with Gasteiger partial charge in [0, 0.05) is 17.3 Å². The van der Waals surface area contributed by atoms with Crippen LogP contribution in [0.15, 0.2) is 36.4 Å². The normalized spacial score (nSPS) is 10.0. The van der Waals surface area contributed by atoms with E-state index in [0.29, 0.717) is 22.7 Å². The number of aryl methyl sites for hydroxylation is 1. The minimum atomic E-state index is -0.489. The molecule has 7 heteroatoms. The largest absolute Gasteiger partial charge is 0.497 e. The Balaban J connectivity index is 2.32. The van der Waals surface area contributed by atoms with Gasteiger partial charge in [0.1, 0.15) is 11.5 Å². The molecule has 7 nitrogen and oxygen atoms in total. The van der Waals surface area contributed by atoms with Crippen LogP contribution in [0.1, 0.15) is 15.9 Å². The number of nitrogens with zero attached hydrogens (tertiary/aromatic N) is 1. The van der Waals surface area contributed by atoms with E-state index in [1.54, 1.807) is 31.2 Å². The number of anilines is 1. The van der Waals surface area contributed by atoms with Crippen LogP contribution in [-0.4, -0.2) is 25.1 Å². The number of benzene rings is 2. The molecule has 23 heavy (non-hydrogen) atoms. The summed E-state index contributed by atoms with van der Waals surface area (Å²) < 4.78 is 10.3. The van der Waals surface area contributed by atoms with Gasteiger partial charge in [0.05, 0.1) is 24.7 Å². The SMILES string of the molecule is COc1ccc(OC)c(C(=O)Nc2ccc(C)c([N+](=O)[O-])c2)c1. The number of nitrogens with one attached hydrogen (secondary N) is 1. The monoisotopic (exact) mass is 316 g/mol. The lowest BCUT2D eigenvalue weighted by Gasteiger charge is -2.11. The second-order valence-corrected chi connectivity index (χ2v) is 4.78. The van der Waals surface area contributed by atoms with Gasteiger partial charge >= 0.3 is 0 Å². The van der Waals surface area contributed by atoms with Crippen LogP contribution in [-0.2, 0) is 0 Å². The van der Waals surface area contributed by atoms with E-state index in [0.717, 1.165) is 0 Å². The standard InChI is InChI=1S/C16H16N2O5/c1-10-4-5-11(8-14(10)18(20)21)17-16(19)13-9-12(22-2)6-7-15(13)23-3/h4-9H,1-3H3,(H,17,19). The summed E-state index contributed by atoms with van der Waals surface area (Å²) in [5, 5.41) is 13.6. The molecule has 1 N–H and O–H groups in total. The maximum Gasteiger partial charge on any atom is 0.274 e. The Morgan fingerprint density at radius 3 is 2.48 bits per heavy atom. The first-order chi connectivity index (χ1) is 11.0. The summed E-state index contributed by atoms with van der Waals surface area (Å²) in [7, 11) is 2.95. The summed E-state index contributed by atoms with van der Waals surface area (Å²) in [6.45, 7) is 1.63. The molecule has 0 aliphatic carbocycles. The molecule has 2 rings (SSSR count). The molecule has 0 bridgehead atoms. The van der Waals surface area contributed by atoms with E-state index in [2.05, 4.69) is 5.32 Å². The zero-order valence-electron chi connectivity index (χ0n) is 13.0. The summed E-state index contributed by atoms with van der Waals surface area (Å²) in [5.41, 5.74) is 1.07. The van der Waals surface area contributed by atoms with Crippen molar-refractivity contribution in [2.45, 2.75) is 6.92 Å². The van der Waals surface area contributed by atoms with E-state index >= 15 is 0 Å². The second-order valence-electron chi connectivity index (χ2n) is 4.78. The average Bonchev–Trinajstić information content (AvgIpc) is 2.55. The van der Waals surface area contributed by atoms with E-state index in [1.165, 1.54) is 26.4 Å². The first-order valence-electron chi connectivity index (χ1n) is 6.74. The van der Waals surface area contributed by atoms with Gasteiger partial charge in [-0.2, -0.15) is 0 Å². The van der Waals surface area contributed by atoms with E-state index in [4.69, 9.17) is 9.47 Å².